The highest BCUT2D eigenvalue weighted by atomic mass is 16.3. The molecule has 1 aliphatic carbocycles. The SMILES string of the molecule is Cc1ccc(CNCC2CCCC(O)C2)o1. The van der Waals surface area contributed by atoms with Gasteiger partial charge in [-0.05, 0) is 50.8 Å². The Balaban J connectivity index is 1.67. The van der Waals surface area contributed by atoms with E-state index in [2.05, 4.69) is 5.32 Å². The van der Waals surface area contributed by atoms with E-state index >= 15 is 0 Å². The van der Waals surface area contributed by atoms with Gasteiger partial charge in [-0.2, -0.15) is 0 Å². The smallest absolute Gasteiger partial charge is 0.117 e. The molecule has 3 heteroatoms. The third-order valence-corrected chi connectivity index (χ3v) is 3.28. The Kier molecular flexibility index (Phi) is 4.02. The number of nitrogens with one attached hydrogen (secondary N) is 1. The Labute approximate surface area is 96.8 Å². The largest absolute Gasteiger partial charge is 0.465 e. The van der Waals surface area contributed by atoms with Crippen molar-refractivity contribution in [3.05, 3.63) is 23.7 Å². The molecule has 1 heterocycles. The Hall–Kier alpha value is -0.800. The molecule has 0 bridgehead atoms. The number of hydrogen-bond donors (Lipinski definition) is 2. The van der Waals surface area contributed by atoms with Crippen LogP contribution in [0.4, 0.5) is 0 Å². The zero-order valence-electron chi connectivity index (χ0n) is 9.91. The van der Waals surface area contributed by atoms with Gasteiger partial charge in [-0.25, -0.2) is 0 Å². The molecule has 1 saturated carbocycles. The molecule has 1 fully saturated rings. The fourth-order valence-corrected chi connectivity index (χ4v) is 2.43. The van der Waals surface area contributed by atoms with Crippen molar-refractivity contribution in [1.29, 1.82) is 0 Å². The van der Waals surface area contributed by atoms with Gasteiger partial charge >= 0.3 is 0 Å². The zero-order chi connectivity index (χ0) is 11.4. The number of rotatable bonds is 4. The second kappa shape index (κ2) is 5.51. The molecule has 0 amide bonds. The van der Waals surface area contributed by atoms with Crippen LogP contribution >= 0.6 is 0 Å². The summed E-state index contributed by atoms with van der Waals surface area (Å²) in [7, 11) is 0. The van der Waals surface area contributed by atoms with E-state index in [9.17, 15) is 5.11 Å². The van der Waals surface area contributed by atoms with Gasteiger partial charge in [-0.1, -0.05) is 6.42 Å². The molecule has 2 N–H and O–H groups in total. The molecule has 3 nitrogen and oxygen atoms in total. The van der Waals surface area contributed by atoms with Gasteiger partial charge in [0, 0.05) is 0 Å². The highest BCUT2D eigenvalue weighted by Gasteiger charge is 2.19. The standard InChI is InChI=1S/C13H21NO2/c1-10-5-6-13(16-10)9-14-8-11-3-2-4-12(15)7-11/h5-6,11-12,14-15H,2-4,7-9H2,1H3. The molecule has 2 unspecified atom stereocenters. The monoisotopic (exact) mass is 223 g/mol. The summed E-state index contributed by atoms with van der Waals surface area (Å²) in [6.45, 7) is 3.73. The summed E-state index contributed by atoms with van der Waals surface area (Å²) in [5, 5.41) is 13.0. The first-order valence-corrected chi connectivity index (χ1v) is 6.18. The second-order valence-electron chi connectivity index (χ2n) is 4.83. The van der Waals surface area contributed by atoms with Gasteiger partial charge < -0.3 is 14.8 Å². The second-order valence-corrected chi connectivity index (χ2v) is 4.83. The molecule has 90 valence electrons. The molecule has 0 saturated heterocycles. The van der Waals surface area contributed by atoms with Crippen LogP contribution in [-0.4, -0.2) is 17.8 Å². The number of aryl methyl sites for hydroxylation is 1. The molecule has 0 aliphatic heterocycles. The van der Waals surface area contributed by atoms with E-state index in [1.165, 1.54) is 6.42 Å². The van der Waals surface area contributed by atoms with Crippen LogP contribution in [0, 0.1) is 12.8 Å². The van der Waals surface area contributed by atoms with Crippen LogP contribution in [-0.2, 0) is 6.54 Å². The Bertz CT molecular complexity index is 321. The molecule has 16 heavy (non-hydrogen) atoms. The van der Waals surface area contributed by atoms with Crippen LogP contribution in [0.2, 0.25) is 0 Å². The van der Waals surface area contributed by atoms with Crippen molar-refractivity contribution in [2.24, 2.45) is 5.92 Å². The first-order valence-electron chi connectivity index (χ1n) is 6.18. The van der Waals surface area contributed by atoms with Gasteiger partial charge in [-0.15, -0.1) is 0 Å². The van der Waals surface area contributed by atoms with E-state index in [4.69, 9.17) is 4.42 Å². The summed E-state index contributed by atoms with van der Waals surface area (Å²) < 4.78 is 5.48. The van der Waals surface area contributed by atoms with Gasteiger partial charge in [0.05, 0.1) is 12.6 Å². The van der Waals surface area contributed by atoms with Crippen LogP contribution < -0.4 is 5.32 Å². The maximum atomic E-state index is 9.55. The van der Waals surface area contributed by atoms with Crippen molar-refractivity contribution in [2.45, 2.75) is 45.3 Å². The lowest BCUT2D eigenvalue weighted by molar-refractivity contribution is 0.100. The third kappa shape index (κ3) is 3.35. The molecule has 1 aromatic heterocycles. The highest BCUT2D eigenvalue weighted by Crippen LogP contribution is 2.23. The van der Waals surface area contributed by atoms with Gasteiger partial charge in [0.25, 0.3) is 0 Å². The molecule has 0 radical (unpaired) electrons. The molecule has 2 atom stereocenters. The molecular weight excluding hydrogens is 202 g/mol. The van der Waals surface area contributed by atoms with Crippen molar-refractivity contribution in [3.8, 4) is 0 Å². The van der Waals surface area contributed by atoms with E-state index in [1.54, 1.807) is 0 Å². The fourth-order valence-electron chi connectivity index (χ4n) is 2.43. The Morgan fingerprint density at radius 1 is 1.44 bits per heavy atom. The predicted octanol–water partition coefficient (Wildman–Crippen LogP) is 2.23. The lowest BCUT2D eigenvalue weighted by Gasteiger charge is -2.25. The minimum Gasteiger partial charge on any atom is -0.465 e. The predicted molar refractivity (Wildman–Crippen MR) is 63.1 cm³/mol. The summed E-state index contributed by atoms with van der Waals surface area (Å²) in [5.74, 6) is 2.58. The number of hydrogen-bond acceptors (Lipinski definition) is 3. The summed E-state index contributed by atoms with van der Waals surface area (Å²) in [4.78, 5) is 0. The maximum absolute atomic E-state index is 9.55. The summed E-state index contributed by atoms with van der Waals surface area (Å²) in [5.41, 5.74) is 0. The first kappa shape index (κ1) is 11.7. The topological polar surface area (TPSA) is 45.4 Å². The normalized spacial score (nSPS) is 25.9. The van der Waals surface area contributed by atoms with Crippen molar-refractivity contribution in [2.75, 3.05) is 6.54 Å². The third-order valence-electron chi connectivity index (χ3n) is 3.28. The van der Waals surface area contributed by atoms with Crippen molar-refractivity contribution in [1.82, 2.24) is 5.32 Å². The van der Waals surface area contributed by atoms with E-state index < -0.39 is 0 Å². The molecular formula is C13H21NO2. The minimum absolute atomic E-state index is 0.0774. The van der Waals surface area contributed by atoms with E-state index in [0.29, 0.717) is 5.92 Å². The van der Waals surface area contributed by atoms with Crippen molar-refractivity contribution < 1.29 is 9.52 Å². The van der Waals surface area contributed by atoms with Gasteiger partial charge in [0.15, 0.2) is 0 Å². The van der Waals surface area contributed by atoms with Gasteiger partial charge in [0.2, 0.25) is 0 Å². The van der Waals surface area contributed by atoms with E-state index in [0.717, 1.165) is 43.9 Å². The molecule has 0 aromatic carbocycles. The highest BCUT2D eigenvalue weighted by molar-refractivity contribution is 5.05. The number of aliphatic hydroxyl groups is 1. The molecule has 0 spiro atoms. The summed E-state index contributed by atoms with van der Waals surface area (Å²) >= 11 is 0. The quantitative estimate of drug-likeness (QED) is 0.822. The first-order chi connectivity index (χ1) is 7.74. The van der Waals surface area contributed by atoms with E-state index in [-0.39, 0.29) is 6.10 Å². The Morgan fingerprint density at radius 2 is 2.31 bits per heavy atom. The average molecular weight is 223 g/mol. The van der Waals surface area contributed by atoms with Crippen LogP contribution in [0.25, 0.3) is 0 Å². The number of furan rings is 1. The Morgan fingerprint density at radius 3 is 3.00 bits per heavy atom. The van der Waals surface area contributed by atoms with E-state index in [1.807, 2.05) is 19.1 Å². The number of aliphatic hydroxyl groups excluding tert-OH is 1. The average Bonchev–Trinajstić information content (AvgIpc) is 2.64. The van der Waals surface area contributed by atoms with Crippen molar-refractivity contribution >= 4 is 0 Å². The fraction of sp³-hybridized carbons (Fsp3) is 0.692. The van der Waals surface area contributed by atoms with Crippen LogP contribution in [0.3, 0.4) is 0 Å². The lowest BCUT2D eigenvalue weighted by atomic mass is 9.87. The minimum atomic E-state index is -0.0774. The molecule has 2 rings (SSSR count). The van der Waals surface area contributed by atoms with Gasteiger partial charge in [-0.3, -0.25) is 0 Å². The summed E-state index contributed by atoms with van der Waals surface area (Å²) in [6, 6.07) is 4.00. The zero-order valence-corrected chi connectivity index (χ0v) is 9.91. The van der Waals surface area contributed by atoms with Crippen molar-refractivity contribution in [3.63, 3.8) is 0 Å². The van der Waals surface area contributed by atoms with Gasteiger partial charge in [0.1, 0.15) is 11.5 Å². The lowest BCUT2D eigenvalue weighted by Crippen LogP contribution is -2.28. The maximum Gasteiger partial charge on any atom is 0.117 e. The molecule has 1 aliphatic rings. The van der Waals surface area contributed by atoms with Crippen LogP contribution in [0.1, 0.15) is 37.2 Å². The van der Waals surface area contributed by atoms with Crippen LogP contribution in [0.5, 0.6) is 0 Å². The van der Waals surface area contributed by atoms with Crippen LogP contribution in [0.15, 0.2) is 16.5 Å². The summed E-state index contributed by atoms with van der Waals surface area (Å²) in [6.07, 6.45) is 4.25. The molecule has 1 aromatic rings.